The molecule has 0 fully saturated rings. The van der Waals surface area contributed by atoms with Crippen LogP contribution in [0.4, 0.5) is 0 Å². The number of rotatable bonds is 8. The molecule has 4 N–H and O–H groups in total. The molecule has 9 heteroatoms. The molecule has 2 aromatic carbocycles. The van der Waals surface area contributed by atoms with Crippen molar-refractivity contribution in [1.29, 1.82) is 0 Å². The number of nitrogens with two attached hydrogens (primary N) is 1. The summed E-state index contributed by atoms with van der Waals surface area (Å²) in [5.74, 6) is -0.648. The molecule has 0 aliphatic carbocycles. The van der Waals surface area contributed by atoms with Crippen molar-refractivity contribution in [2.45, 2.75) is 6.92 Å². The van der Waals surface area contributed by atoms with Gasteiger partial charge in [0.15, 0.2) is 24.7 Å². The average Bonchev–Trinajstić information content (AvgIpc) is 2.69. The van der Waals surface area contributed by atoms with Gasteiger partial charge in [-0.05, 0) is 36.8 Å². The predicted molar refractivity (Wildman–Crippen MR) is 100.0 cm³/mol. The summed E-state index contributed by atoms with van der Waals surface area (Å²) in [5.41, 5.74) is 10.7. The Hall–Kier alpha value is -3.75. The van der Waals surface area contributed by atoms with Crippen LogP contribution in [0.1, 0.15) is 15.9 Å². The second-order valence-electron chi connectivity index (χ2n) is 5.68. The molecule has 0 saturated heterocycles. The maximum Gasteiger partial charge on any atom is 0.276 e. The van der Waals surface area contributed by atoms with E-state index >= 15 is 0 Å². The Balaban J connectivity index is 1.89. The van der Waals surface area contributed by atoms with Gasteiger partial charge in [-0.1, -0.05) is 18.2 Å². The molecule has 0 atom stereocenters. The number of methoxy groups -OCH3 is 1. The van der Waals surface area contributed by atoms with Gasteiger partial charge >= 0.3 is 0 Å². The van der Waals surface area contributed by atoms with Crippen molar-refractivity contribution in [3.8, 4) is 17.2 Å². The number of hydrazine groups is 1. The lowest BCUT2D eigenvalue weighted by molar-refractivity contribution is -0.124. The number of carbonyl (C=O) groups excluding carboxylic acids is 3. The zero-order chi connectivity index (χ0) is 20.5. The summed E-state index contributed by atoms with van der Waals surface area (Å²) < 4.78 is 15.7. The fraction of sp³-hybridized carbons (Fsp3) is 0.211. The van der Waals surface area contributed by atoms with Gasteiger partial charge in [0.1, 0.15) is 5.75 Å². The summed E-state index contributed by atoms with van der Waals surface area (Å²) >= 11 is 0. The lowest BCUT2D eigenvalue weighted by atomic mass is 10.2. The second-order valence-corrected chi connectivity index (χ2v) is 5.68. The maximum atomic E-state index is 12.2. The molecule has 0 spiro atoms. The van der Waals surface area contributed by atoms with Crippen molar-refractivity contribution >= 4 is 17.7 Å². The number of hydrogen-bond donors (Lipinski definition) is 3. The second kappa shape index (κ2) is 9.81. The average molecular weight is 387 g/mol. The summed E-state index contributed by atoms with van der Waals surface area (Å²) in [6.07, 6.45) is 0. The van der Waals surface area contributed by atoms with Crippen LogP contribution >= 0.6 is 0 Å². The van der Waals surface area contributed by atoms with E-state index in [0.717, 1.165) is 5.56 Å². The molecule has 0 aliphatic heterocycles. The third-order valence-corrected chi connectivity index (χ3v) is 3.56. The zero-order valence-corrected chi connectivity index (χ0v) is 15.5. The standard InChI is InChI=1S/C19H21N3O6/c1-12-5-3-4-6-14(12)28-11-18(24)21-22-19(25)13-7-8-15(16(9-13)26-2)27-10-17(20)23/h3-9H,10-11H2,1-2H3,(H2,20,23)(H,21,24)(H,22,25). The third kappa shape index (κ3) is 5.90. The van der Waals surface area contributed by atoms with Gasteiger partial charge in [0.2, 0.25) is 0 Å². The van der Waals surface area contributed by atoms with Gasteiger partial charge in [-0.15, -0.1) is 0 Å². The van der Waals surface area contributed by atoms with Crippen molar-refractivity contribution in [2.24, 2.45) is 5.73 Å². The lowest BCUT2D eigenvalue weighted by Crippen LogP contribution is -2.43. The molecule has 0 unspecified atom stereocenters. The van der Waals surface area contributed by atoms with E-state index < -0.39 is 17.7 Å². The molecule has 3 amide bonds. The van der Waals surface area contributed by atoms with E-state index in [0.29, 0.717) is 5.75 Å². The van der Waals surface area contributed by atoms with E-state index in [1.165, 1.54) is 25.3 Å². The third-order valence-electron chi connectivity index (χ3n) is 3.56. The van der Waals surface area contributed by atoms with Gasteiger partial charge in [0.25, 0.3) is 17.7 Å². The first-order valence-corrected chi connectivity index (χ1v) is 8.27. The summed E-state index contributed by atoms with van der Waals surface area (Å²) in [7, 11) is 1.39. The summed E-state index contributed by atoms with van der Waals surface area (Å²) in [6, 6.07) is 11.6. The van der Waals surface area contributed by atoms with E-state index in [-0.39, 0.29) is 30.3 Å². The van der Waals surface area contributed by atoms with E-state index in [1.807, 2.05) is 19.1 Å². The van der Waals surface area contributed by atoms with Crippen LogP contribution in [-0.2, 0) is 9.59 Å². The fourth-order valence-corrected chi connectivity index (χ4v) is 2.17. The Morgan fingerprint density at radius 3 is 2.32 bits per heavy atom. The Morgan fingerprint density at radius 2 is 1.64 bits per heavy atom. The van der Waals surface area contributed by atoms with Crippen LogP contribution in [0.25, 0.3) is 0 Å². The monoisotopic (exact) mass is 387 g/mol. The molecule has 148 valence electrons. The highest BCUT2D eigenvalue weighted by atomic mass is 16.5. The van der Waals surface area contributed by atoms with Crippen molar-refractivity contribution in [1.82, 2.24) is 10.9 Å². The van der Waals surface area contributed by atoms with Crippen LogP contribution in [0.5, 0.6) is 17.2 Å². The molecule has 0 saturated carbocycles. The van der Waals surface area contributed by atoms with Crippen LogP contribution in [0.15, 0.2) is 42.5 Å². The Morgan fingerprint density at radius 1 is 0.929 bits per heavy atom. The molecule has 9 nitrogen and oxygen atoms in total. The van der Waals surface area contributed by atoms with Crippen molar-refractivity contribution < 1.29 is 28.6 Å². The first-order chi connectivity index (χ1) is 13.4. The van der Waals surface area contributed by atoms with E-state index in [1.54, 1.807) is 12.1 Å². The number of benzene rings is 2. The van der Waals surface area contributed by atoms with Crippen LogP contribution in [-0.4, -0.2) is 38.0 Å². The molecule has 0 heterocycles. The SMILES string of the molecule is COc1cc(C(=O)NNC(=O)COc2ccccc2C)ccc1OCC(N)=O. The van der Waals surface area contributed by atoms with Gasteiger partial charge in [-0.2, -0.15) is 0 Å². The summed E-state index contributed by atoms with van der Waals surface area (Å²) in [6.45, 7) is 1.28. The van der Waals surface area contributed by atoms with Gasteiger partial charge < -0.3 is 19.9 Å². The smallest absolute Gasteiger partial charge is 0.276 e. The number of aryl methyl sites for hydroxylation is 1. The number of nitrogens with one attached hydrogen (secondary N) is 2. The number of amides is 3. The molecule has 0 radical (unpaired) electrons. The van der Waals surface area contributed by atoms with E-state index in [2.05, 4.69) is 10.9 Å². The number of carbonyl (C=O) groups is 3. The maximum absolute atomic E-state index is 12.2. The first kappa shape index (κ1) is 20.6. The molecule has 0 aliphatic rings. The van der Waals surface area contributed by atoms with Gasteiger partial charge in [-0.3, -0.25) is 25.2 Å². The summed E-state index contributed by atoms with van der Waals surface area (Å²) in [4.78, 5) is 34.8. The Kier molecular flexibility index (Phi) is 7.21. The molecule has 0 bridgehead atoms. The highest BCUT2D eigenvalue weighted by molar-refractivity contribution is 5.96. The Labute approximate surface area is 161 Å². The van der Waals surface area contributed by atoms with Crippen LogP contribution < -0.4 is 30.8 Å². The number of primary amides is 1. The van der Waals surface area contributed by atoms with Crippen molar-refractivity contribution in [3.63, 3.8) is 0 Å². The predicted octanol–water partition coefficient (Wildman–Crippen LogP) is 0.708. The number of ether oxygens (including phenoxy) is 3. The normalized spacial score (nSPS) is 9.93. The van der Waals surface area contributed by atoms with Crippen molar-refractivity contribution in [2.75, 3.05) is 20.3 Å². The van der Waals surface area contributed by atoms with Crippen LogP contribution in [0.3, 0.4) is 0 Å². The van der Waals surface area contributed by atoms with Gasteiger partial charge in [0, 0.05) is 5.56 Å². The quantitative estimate of drug-likeness (QED) is 0.572. The van der Waals surface area contributed by atoms with Crippen LogP contribution in [0.2, 0.25) is 0 Å². The minimum Gasteiger partial charge on any atom is -0.493 e. The molecular weight excluding hydrogens is 366 g/mol. The zero-order valence-electron chi connectivity index (χ0n) is 15.5. The van der Waals surface area contributed by atoms with Gasteiger partial charge in [-0.25, -0.2) is 0 Å². The fourth-order valence-electron chi connectivity index (χ4n) is 2.17. The first-order valence-electron chi connectivity index (χ1n) is 8.27. The van der Waals surface area contributed by atoms with Gasteiger partial charge in [0.05, 0.1) is 7.11 Å². The lowest BCUT2D eigenvalue weighted by Gasteiger charge is -2.12. The number of hydrogen-bond acceptors (Lipinski definition) is 6. The molecule has 0 aromatic heterocycles. The number of para-hydroxylation sites is 1. The molecule has 2 rings (SSSR count). The molecule has 2 aromatic rings. The van der Waals surface area contributed by atoms with E-state index in [4.69, 9.17) is 19.9 Å². The minimum atomic E-state index is -0.639. The molecule has 28 heavy (non-hydrogen) atoms. The summed E-state index contributed by atoms with van der Waals surface area (Å²) in [5, 5.41) is 0. The highest BCUT2D eigenvalue weighted by Gasteiger charge is 2.13. The highest BCUT2D eigenvalue weighted by Crippen LogP contribution is 2.27. The topological polar surface area (TPSA) is 129 Å². The largest absolute Gasteiger partial charge is 0.493 e. The Bertz CT molecular complexity index is 868. The van der Waals surface area contributed by atoms with Crippen molar-refractivity contribution in [3.05, 3.63) is 53.6 Å². The minimum absolute atomic E-state index is 0.211. The molecular formula is C19H21N3O6. The van der Waals surface area contributed by atoms with Crippen LogP contribution in [0, 0.1) is 6.92 Å². The van der Waals surface area contributed by atoms with E-state index in [9.17, 15) is 14.4 Å².